The molecule has 0 radical (unpaired) electrons. The normalized spacial score (nSPS) is 17.1. The number of carbonyl (C=O) groups excluding carboxylic acids is 2. The van der Waals surface area contributed by atoms with Crippen LogP contribution in [0.3, 0.4) is 0 Å². The third-order valence-electron chi connectivity index (χ3n) is 5.75. The molecule has 0 aliphatic carbocycles. The van der Waals surface area contributed by atoms with E-state index in [0.29, 0.717) is 23.7 Å². The lowest BCUT2D eigenvalue weighted by Gasteiger charge is -2.25. The lowest BCUT2D eigenvalue weighted by atomic mass is 9.95. The van der Waals surface area contributed by atoms with Gasteiger partial charge < -0.3 is 19.5 Å². The molecule has 0 spiro atoms. The monoisotopic (exact) mass is 457 g/mol. The van der Waals surface area contributed by atoms with Crippen molar-refractivity contribution in [1.82, 2.24) is 4.90 Å². The van der Waals surface area contributed by atoms with Gasteiger partial charge in [-0.2, -0.15) is 0 Å². The van der Waals surface area contributed by atoms with Gasteiger partial charge in [0.15, 0.2) is 0 Å². The summed E-state index contributed by atoms with van der Waals surface area (Å²) < 4.78 is 10.9. The minimum atomic E-state index is -0.719. The minimum absolute atomic E-state index is 0.0670. The second-order valence-corrected chi connectivity index (χ2v) is 8.06. The van der Waals surface area contributed by atoms with Crippen LogP contribution in [0.15, 0.2) is 84.4 Å². The highest BCUT2D eigenvalue weighted by molar-refractivity contribution is 6.46. The number of hydrogen-bond acceptors (Lipinski definition) is 5. The first-order chi connectivity index (χ1) is 16.5. The van der Waals surface area contributed by atoms with Gasteiger partial charge in [-0.25, -0.2) is 0 Å². The molecule has 1 aliphatic rings. The number of carbonyl (C=O) groups is 2. The maximum Gasteiger partial charge on any atom is 0.295 e. The number of ketones is 1. The van der Waals surface area contributed by atoms with E-state index in [-0.39, 0.29) is 17.9 Å². The van der Waals surface area contributed by atoms with E-state index in [0.717, 1.165) is 17.5 Å². The van der Waals surface area contributed by atoms with Gasteiger partial charge in [-0.3, -0.25) is 9.59 Å². The fourth-order valence-corrected chi connectivity index (χ4v) is 4.06. The van der Waals surface area contributed by atoms with Gasteiger partial charge in [0.1, 0.15) is 17.3 Å². The average Bonchev–Trinajstić information content (AvgIpc) is 3.13. The molecule has 0 aromatic heterocycles. The summed E-state index contributed by atoms with van der Waals surface area (Å²) in [5, 5.41) is 11.3. The molecule has 1 aliphatic heterocycles. The van der Waals surface area contributed by atoms with Gasteiger partial charge in [0.05, 0.1) is 25.3 Å². The molecule has 1 amide bonds. The zero-order valence-electron chi connectivity index (χ0n) is 19.2. The van der Waals surface area contributed by atoms with Crippen LogP contribution in [0.2, 0.25) is 0 Å². The summed E-state index contributed by atoms with van der Waals surface area (Å²) in [5.74, 6) is -0.277. The van der Waals surface area contributed by atoms with Gasteiger partial charge in [0, 0.05) is 12.1 Å². The first-order valence-electron chi connectivity index (χ1n) is 11.2. The lowest BCUT2D eigenvalue weighted by Crippen LogP contribution is -2.29. The van der Waals surface area contributed by atoms with Crippen LogP contribution < -0.4 is 9.47 Å². The SMILES string of the molecule is CCCOc1cccc(/C(O)=C2/C(=O)C(=O)N(Cc3ccc(OC)cc3)C2c2ccccc2)c1. The number of benzene rings is 3. The number of ether oxygens (including phenoxy) is 2. The van der Waals surface area contributed by atoms with Crippen molar-refractivity contribution in [2.75, 3.05) is 13.7 Å². The molecule has 1 saturated heterocycles. The number of aliphatic hydroxyl groups excluding tert-OH is 1. The number of methoxy groups -OCH3 is 1. The fraction of sp³-hybridized carbons (Fsp3) is 0.214. The third-order valence-corrected chi connectivity index (χ3v) is 5.75. The molecule has 1 N–H and O–H groups in total. The smallest absolute Gasteiger partial charge is 0.295 e. The summed E-state index contributed by atoms with van der Waals surface area (Å²) in [6.45, 7) is 2.76. The van der Waals surface area contributed by atoms with Crippen LogP contribution in [0.25, 0.3) is 5.76 Å². The van der Waals surface area contributed by atoms with E-state index >= 15 is 0 Å². The number of aliphatic hydroxyl groups is 1. The number of nitrogens with zero attached hydrogens (tertiary/aromatic N) is 1. The average molecular weight is 458 g/mol. The molecule has 0 bridgehead atoms. The van der Waals surface area contributed by atoms with Crippen molar-refractivity contribution in [3.63, 3.8) is 0 Å². The zero-order valence-corrected chi connectivity index (χ0v) is 19.2. The van der Waals surface area contributed by atoms with E-state index in [1.165, 1.54) is 4.90 Å². The predicted molar refractivity (Wildman–Crippen MR) is 130 cm³/mol. The van der Waals surface area contributed by atoms with Gasteiger partial charge >= 0.3 is 0 Å². The Morgan fingerprint density at radius 3 is 2.35 bits per heavy atom. The summed E-state index contributed by atoms with van der Waals surface area (Å²) in [6.07, 6.45) is 0.848. The van der Waals surface area contributed by atoms with E-state index in [2.05, 4.69) is 0 Å². The van der Waals surface area contributed by atoms with Gasteiger partial charge in [0.25, 0.3) is 11.7 Å². The number of Topliss-reactive ketones (excluding diaryl/α,β-unsaturated/α-hetero) is 1. The van der Waals surface area contributed by atoms with Crippen molar-refractivity contribution in [2.24, 2.45) is 0 Å². The molecule has 0 saturated carbocycles. The maximum absolute atomic E-state index is 13.2. The molecule has 1 fully saturated rings. The van der Waals surface area contributed by atoms with Crippen molar-refractivity contribution in [3.8, 4) is 11.5 Å². The molecular formula is C28H27NO5. The molecule has 1 unspecified atom stereocenters. The topological polar surface area (TPSA) is 76.1 Å². The summed E-state index contributed by atoms with van der Waals surface area (Å²) in [7, 11) is 1.59. The summed E-state index contributed by atoms with van der Waals surface area (Å²) in [6, 6.07) is 22.8. The molecule has 6 nitrogen and oxygen atoms in total. The minimum Gasteiger partial charge on any atom is -0.507 e. The van der Waals surface area contributed by atoms with E-state index in [4.69, 9.17) is 9.47 Å². The van der Waals surface area contributed by atoms with Gasteiger partial charge in [-0.05, 0) is 41.8 Å². The van der Waals surface area contributed by atoms with Crippen LogP contribution in [-0.2, 0) is 16.1 Å². The van der Waals surface area contributed by atoms with Crippen LogP contribution in [0.1, 0.15) is 36.1 Å². The van der Waals surface area contributed by atoms with Crippen LogP contribution in [0.4, 0.5) is 0 Å². The number of hydrogen-bond donors (Lipinski definition) is 1. The first kappa shape index (κ1) is 23.1. The lowest BCUT2D eigenvalue weighted by molar-refractivity contribution is -0.140. The largest absolute Gasteiger partial charge is 0.507 e. The Labute approximate surface area is 199 Å². The Morgan fingerprint density at radius 2 is 1.68 bits per heavy atom. The van der Waals surface area contributed by atoms with Crippen molar-refractivity contribution < 1.29 is 24.2 Å². The molecule has 174 valence electrons. The molecule has 4 rings (SSSR count). The molecule has 6 heteroatoms. The zero-order chi connectivity index (χ0) is 24.1. The molecule has 3 aromatic rings. The molecule has 34 heavy (non-hydrogen) atoms. The summed E-state index contributed by atoms with van der Waals surface area (Å²) >= 11 is 0. The Bertz CT molecular complexity index is 1200. The van der Waals surface area contributed by atoms with E-state index < -0.39 is 17.7 Å². The van der Waals surface area contributed by atoms with E-state index in [9.17, 15) is 14.7 Å². The Balaban J connectivity index is 1.77. The highest BCUT2D eigenvalue weighted by Crippen LogP contribution is 2.40. The fourth-order valence-electron chi connectivity index (χ4n) is 4.06. The Hall–Kier alpha value is -4.06. The van der Waals surface area contributed by atoms with Crippen molar-refractivity contribution in [3.05, 3.63) is 101 Å². The van der Waals surface area contributed by atoms with Crippen LogP contribution >= 0.6 is 0 Å². The maximum atomic E-state index is 13.2. The van der Waals surface area contributed by atoms with Crippen LogP contribution in [0, 0.1) is 0 Å². The van der Waals surface area contributed by atoms with Gasteiger partial charge in [-0.1, -0.05) is 61.5 Å². The van der Waals surface area contributed by atoms with Gasteiger partial charge in [-0.15, -0.1) is 0 Å². The standard InChI is InChI=1S/C28H27NO5/c1-3-16-34-23-11-7-10-21(17-23)26(30)24-25(20-8-5-4-6-9-20)29(28(32)27(24)31)18-19-12-14-22(33-2)15-13-19/h4-15,17,25,30H,3,16,18H2,1-2H3/b26-24-. The molecule has 1 atom stereocenters. The quantitative estimate of drug-likeness (QED) is 0.289. The van der Waals surface area contributed by atoms with Gasteiger partial charge in [0.2, 0.25) is 0 Å². The Kier molecular flexibility index (Phi) is 6.97. The van der Waals surface area contributed by atoms with Crippen LogP contribution in [0.5, 0.6) is 11.5 Å². The predicted octanol–water partition coefficient (Wildman–Crippen LogP) is 5.11. The third kappa shape index (κ3) is 4.66. The molecular weight excluding hydrogens is 430 g/mol. The van der Waals surface area contributed by atoms with E-state index in [1.54, 1.807) is 31.4 Å². The first-order valence-corrected chi connectivity index (χ1v) is 11.2. The molecule has 3 aromatic carbocycles. The molecule has 1 heterocycles. The summed E-state index contributed by atoms with van der Waals surface area (Å²) in [4.78, 5) is 27.9. The highest BCUT2D eigenvalue weighted by Gasteiger charge is 2.46. The number of rotatable bonds is 8. The van der Waals surface area contributed by atoms with Crippen LogP contribution in [-0.4, -0.2) is 35.4 Å². The second-order valence-electron chi connectivity index (χ2n) is 8.06. The Morgan fingerprint density at radius 1 is 0.941 bits per heavy atom. The van der Waals surface area contributed by atoms with E-state index in [1.807, 2.05) is 61.5 Å². The number of likely N-dealkylation sites (tertiary alicyclic amines) is 1. The highest BCUT2D eigenvalue weighted by atomic mass is 16.5. The van der Waals surface area contributed by atoms with Crippen molar-refractivity contribution in [2.45, 2.75) is 25.9 Å². The van der Waals surface area contributed by atoms with Crippen molar-refractivity contribution >= 4 is 17.4 Å². The summed E-state index contributed by atoms with van der Waals surface area (Å²) in [5.41, 5.74) is 2.09. The number of amides is 1. The van der Waals surface area contributed by atoms with Crippen molar-refractivity contribution in [1.29, 1.82) is 0 Å². The second kappa shape index (κ2) is 10.3.